The van der Waals surface area contributed by atoms with E-state index < -0.39 is 9.84 Å². The molecule has 1 aromatic heterocycles. The molecular weight excluding hydrogens is 286 g/mol. The molecule has 1 heterocycles. The number of benzene rings is 1. The summed E-state index contributed by atoms with van der Waals surface area (Å²) in [6, 6.07) is 6.54. The molecule has 0 aliphatic carbocycles. The fourth-order valence-corrected chi connectivity index (χ4v) is 2.41. The predicted molar refractivity (Wildman–Crippen MR) is 74.1 cm³/mol. The number of halogens is 1. The van der Waals surface area contributed by atoms with Gasteiger partial charge in [0.2, 0.25) is 0 Å². The molecule has 19 heavy (non-hydrogen) atoms. The lowest BCUT2D eigenvalue weighted by molar-refractivity contribution is 0.503. The molecule has 0 unspecified atom stereocenters. The second kappa shape index (κ2) is 5.75. The standard InChI is InChI=1S/C13H14ClNO3S/c1-19(16,17)11-6-4-10(5-7-11)12-9-15-13(18-12)3-2-8-14/h4-7,9H,2-3,8H2,1H3. The van der Waals surface area contributed by atoms with Crippen molar-refractivity contribution in [2.75, 3.05) is 12.1 Å². The van der Waals surface area contributed by atoms with Crippen molar-refractivity contribution in [3.63, 3.8) is 0 Å². The van der Waals surface area contributed by atoms with E-state index in [2.05, 4.69) is 4.98 Å². The van der Waals surface area contributed by atoms with Crippen molar-refractivity contribution >= 4 is 21.4 Å². The highest BCUT2D eigenvalue weighted by atomic mass is 35.5. The number of aromatic nitrogens is 1. The zero-order valence-corrected chi connectivity index (χ0v) is 12.0. The van der Waals surface area contributed by atoms with Crippen LogP contribution < -0.4 is 0 Å². The predicted octanol–water partition coefficient (Wildman–Crippen LogP) is 2.92. The number of rotatable bonds is 5. The first-order chi connectivity index (χ1) is 9.00. The van der Waals surface area contributed by atoms with Crippen LogP contribution in [-0.2, 0) is 16.3 Å². The van der Waals surface area contributed by atoms with E-state index in [4.69, 9.17) is 16.0 Å². The molecule has 0 saturated carbocycles. The molecule has 0 aliphatic heterocycles. The number of aryl methyl sites for hydroxylation is 1. The minimum atomic E-state index is -3.17. The molecule has 0 radical (unpaired) electrons. The molecule has 1 aromatic carbocycles. The first-order valence-corrected chi connectivity index (χ1v) is 8.24. The van der Waals surface area contributed by atoms with Gasteiger partial charge in [0.05, 0.1) is 11.1 Å². The van der Waals surface area contributed by atoms with Gasteiger partial charge in [-0.3, -0.25) is 0 Å². The molecule has 6 heteroatoms. The summed E-state index contributed by atoms with van der Waals surface area (Å²) < 4.78 is 28.3. The van der Waals surface area contributed by atoms with Crippen LogP contribution in [0.2, 0.25) is 0 Å². The Kier molecular flexibility index (Phi) is 4.27. The van der Waals surface area contributed by atoms with E-state index in [0.29, 0.717) is 24.0 Å². The largest absolute Gasteiger partial charge is 0.441 e. The van der Waals surface area contributed by atoms with Gasteiger partial charge in [0.25, 0.3) is 0 Å². The van der Waals surface area contributed by atoms with E-state index in [1.54, 1.807) is 30.5 Å². The van der Waals surface area contributed by atoms with Crippen molar-refractivity contribution in [1.82, 2.24) is 4.98 Å². The van der Waals surface area contributed by atoms with Crippen LogP contribution in [0.4, 0.5) is 0 Å². The van der Waals surface area contributed by atoms with Crippen molar-refractivity contribution in [2.45, 2.75) is 17.7 Å². The molecule has 0 saturated heterocycles. The fourth-order valence-electron chi connectivity index (χ4n) is 1.64. The Morgan fingerprint density at radius 2 is 1.95 bits per heavy atom. The summed E-state index contributed by atoms with van der Waals surface area (Å²) in [5, 5.41) is 0. The van der Waals surface area contributed by atoms with Crippen molar-refractivity contribution < 1.29 is 12.8 Å². The van der Waals surface area contributed by atoms with E-state index in [9.17, 15) is 8.42 Å². The van der Waals surface area contributed by atoms with E-state index in [0.717, 1.165) is 12.0 Å². The van der Waals surface area contributed by atoms with Gasteiger partial charge in [0.15, 0.2) is 21.5 Å². The minimum Gasteiger partial charge on any atom is -0.441 e. The third-order valence-electron chi connectivity index (χ3n) is 2.64. The average Bonchev–Trinajstić information content (AvgIpc) is 2.84. The van der Waals surface area contributed by atoms with Gasteiger partial charge in [-0.2, -0.15) is 0 Å². The molecule has 0 spiro atoms. The van der Waals surface area contributed by atoms with Gasteiger partial charge in [-0.25, -0.2) is 13.4 Å². The van der Waals surface area contributed by atoms with Crippen molar-refractivity contribution in [2.24, 2.45) is 0 Å². The lowest BCUT2D eigenvalue weighted by Crippen LogP contribution is -1.95. The summed E-state index contributed by atoms with van der Waals surface area (Å²) in [5.74, 6) is 1.84. The van der Waals surface area contributed by atoms with Crippen LogP contribution in [0.25, 0.3) is 11.3 Å². The monoisotopic (exact) mass is 299 g/mol. The number of hydrogen-bond acceptors (Lipinski definition) is 4. The van der Waals surface area contributed by atoms with Gasteiger partial charge in [0.1, 0.15) is 0 Å². The zero-order valence-electron chi connectivity index (χ0n) is 10.5. The van der Waals surface area contributed by atoms with Gasteiger partial charge in [0, 0.05) is 24.1 Å². The summed E-state index contributed by atoms with van der Waals surface area (Å²) >= 11 is 5.61. The Labute approximate surface area is 117 Å². The maximum absolute atomic E-state index is 11.4. The van der Waals surface area contributed by atoms with Crippen LogP contribution in [0.3, 0.4) is 0 Å². The topological polar surface area (TPSA) is 60.2 Å². The molecule has 0 amide bonds. The maximum Gasteiger partial charge on any atom is 0.194 e. The molecule has 4 nitrogen and oxygen atoms in total. The molecule has 2 rings (SSSR count). The third-order valence-corrected chi connectivity index (χ3v) is 4.04. The molecule has 2 aromatic rings. The van der Waals surface area contributed by atoms with E-state index in [1.165, 1.54) is 6.26 Å². The van der Waals surface area contributed by atoms with Crippen LogP contribution >= 0.6 is 11.6 Å². The van der Waals surface area contributed by atoms with Gasteiger partial charge in [-0.1, -0.05) is 0 Å². The molecule has 0 fully saturated rings. The SMILES string of the molecule is CS(=O)(=O)c1ccc(-c2cnc(CCCCl)o2)cc1. The highest BCUT2D eigenvalue weighted by Crippen LogP contribution is 2.22. The molecule has 0 bridgehead atoms. The molecule has 0 atom stereocenters. The lowest BCUT2D eigenvalue weighted by Gasteiger charge is -1.99. The quantitative estimate of drug-likeness (QED) is 0.797. The summed E-state index contributed by atoms with van der Waals surface area (Å²) in [6.45, 7) is 0. The van der Waals surface area contributed by atoms with E-state index >= 15 is 0 Å². The van der Waals surface area contributed by atoms with Gasteiger partial charge in [-0.05, 0) is 30.7 Å². The molecule has 102 valence electrons. The summed E-state index contributed by atoms with van der Waals surface area (Å²) in [6.07, 6.45) is 4.33. The molecular formula is C13H14ClNO3S. The Bertz CT molecular complexity index is 647. The Balaban J connectivity index is 2.20. The smallest absolute Gasteiger partial charge is 0.194 e. The number of alkyl halides is 1. The summed E-state index contributed by atoms with van der Waals surface area (Å²) in [5.41, 5.74) is 0.803. The minimum absolute atomic E-state index is 0.290. The van der Waals surface area contributed by atoms with E-state index in [-0.39, 0.29) is 4.90 Å². The fraction of sp³-hybridized carbons (Fsp3) is 0.308. The van der Waals surface area contributed by atoms with Gasteiger partial charge < -0.3 is 4.42 Å². The van der Waals surface area contributed by atoms with Crippen LogP contribution in [0.15, 0.2) is 39.8 Å². The number of nitrogens with zero attached hydrogens (tertiary/aromatic N) is 1. The second-order valence-corrected chi connectivity index (χ2v) is 6.60. The number of sulfone groups is 1. The van der Waals surface area contributed by atoms with Crippen LogP contribution in [0.5, 0.6) is 0 Å². The van der Waals surface area contributed by atoms with Crippen molar-refractivity contribution in [1.29, 1.82) is 0 Å². The lowest BCUT2D eigenvalue weighted by atomic mass is 10.2. The van der Waals surface area contributed by atoms with E-state index in [1.807, 2.05) is 0 Å². The first kappa shape index (κ1) is 14.1. The third kappa shape index (κ3) is 3.58. The number of hydrogen-bond donors (Lipinski definition) is 0. The average molecular weight is 300 g/mol. The second-order valence-electron chi connectivity index (χ2n) is 4.21. The summed E-state index contributed by atoms with van der Waals surface area (Å²) in [4.78, 5) is 4.45. The Morgan fingerprint density at radius 3 is 2.53 bits per heavy atom. The summed E-state index contributed by atoms with van der Waals surface area (Å²) in [7, 11) is -3.17. The normalized spacial score (nSPS) is 11.7. The highest BCUT2D eigenvalue weighted by molar-refractivity contribution is 7.90. The van der Waals surface area contributed by atoms with Crippen molar-refractivity contribution in [3.05, 3.63) is 36.4 Å². The van der Waals surface area contributed by atoms with Crippen LogP contribution in [0.1, 0.15) is 12.3 Å². The maximum atomic E-state index is 11.4. The number of oxazole rings is 1. The zero-order chi connectivity index (χ0) is 13.9. The van der Waals surface area contributed by atoms with Gasteiger partial charge >= 0.3 is 0 Å². The Hall–Kier alpha value is -1.33. The Morgan fingerprint density at radius 1 is 1.26 bits per heavy atom. The first-order valence-electron chi connectivity index (χ1n) is 5.82. The van der Waals surface area contributed by atoms with Crippen LogP contribution in [0, 0.1) is 0 Å². The van der Waals surface area contributed by atoms with Gasteiger partial charge in [-0.15, -0.1) is 11.6 Å². The van der Waals surface area contributed by atoms with Crippen LogP contribution in [-0.4, -0.2) is 25.5 Å². The highest BCUT2D eigenvalue weighted by Gasteiger charge is 2.09. The molecule has 0 aliphatic rings. The van der Waals surface area contributed by atoms with Crippen molar-refractivity contribution in [3.8, 4) is 11.3 Å². The molecule has 0 N–H and O–H groups in total.